The van der Waals surface area contributed by atoms with Crippen molar-refractivity contribution in [2.45, 2.75) is 90.2 Å². The molecule has 6 amide bonds. The first-order valence-corrected chi connectivity index (χ1v) is 21.2. The number of alkyl carbamates (subject to hydrolysis) is 2. The Labute approximate surface area is 360 Å². The smallest absolute Gasteiger partial charge is 0.407 e. The predicted octanol–water partition coefficient (Wildman–Crippen LogP) is 6.26. The number of hydrogen-bond acceptors (Lipinski definition) is 9. The molecule has 16 heteroatoms. The minimum atomic E-state index is -0.839. The molecule has 1 unspecified atom stereocenters. The summed E-state index contributed by atoms with van der Waals surface area (Å²) in [5.41, 5.74) is 4.48. The Morgan fingerprint density at radius 1 is 0.726 bits per heavy atom. The van der Waals surface area contributed by atoms with Crippen molar-refractivity contribution in [3.8, 4) is 17.0 Å². The molecule has 3 aliphatic heterocycles. The summed E-state index contributed by atoms with van der Waals surface area (Å²) in [6.45, 7) is 8.36. The monoisotopic (exact) mass is 849 g/mol. The highest BCUT2D eigenvalue weighted by Crippen LogP contribution is 2.45. The van der Waals surface area contributed by atoms with Gasteiger partial charge in [-0.1, -0.05) is 58.0 Å². The van der Waals surface area contributed by atoms with Crippen LogP contribution in [0.5, 0.6) is 5.75 Å². The molecule has 5 atom stereocenters. The van der Waals surface area contributed by atoms with Crippen LogP contribution in [-0.2, 0) is 28.7 Å². The molecular weight excluding hydrogens is 795 g/mol. The molecule has 0 spiro atoms. The molecule has 7 rings (SSSR count). The zero-order chi connectivity index (χ0) is 44.2. The van der Waals surface area contributed by atoms with Crippen LogP contribution in [0.2, 0.25) is 0 Å². The molecule has 0 radical (unpaired) electrons. The average molecular weight is 850 g/mol. The lowest BCUT2D eigenvalue weighted by atomic mass is 10.0. The van der Waals surface area contributed by atoms with E-state index in [1.807, 2.05) is 88.4 Å². The third-order valence-electron chi connectivity index (χ3n) is 11.7. The van der Waals surface area contributed by atoms with Gasteiger partial charge in [0.25, 0.3) is 0 Å². The van der Waals surface area contributed by atoms with E-state index in [2.05, 4.69) is 25.8 Å². The minimum absolute atomic E-state index is 0.113. The lowest BCUT2D eigenvalue weighted by molar-refractivity contribution is -0.139. The number of nitrogens with zero attached hydrogens (tertiary/aromatic N) is 3. The van der Waals surface area contributed by atoms with Gasteiger partial charge < -0.3 is 49.8 Å². The fourth-order valence-electron chi connectivity index (χ4n) is 8.72. The van der Waals surface area contributed by atoms with Crippen molar-refractivity contribution in [3.63, 3.8) is 0 Å². The second-order valence-corrected chi connectivity index (χ2v) is 16.8. The molecule has 4 N–H and O–H groups in total. The van der Waals surface area contributed by atoms with Gasteiger partial charge in [0.1, 0.15) is 29.9 Å². The first-order chi connectivity index (χ1) is 29.8. The van der Waals surface area contributed by atoms with Crippen LogP contribution >= 0.6 is 0 Å². The molecule has 16 nitrogen and oxygen atoms in total. The van der Waals surface area contributed by atoms with Gasteiger partial charge in [0.05, 0.1) is 25.4 Å². The number of amides is 6. The third kappa shape index (κ3) is 9.04. The molecule has 2 fully saturated rings. The Hall–Kier alpha value is -6.58. The van der Waals surface area contributed by atoms with Gasteiger partial charge in [0, 0.05) is 47.0 Å². The number of carbonyl (C=O) groups excluding carboxylic acids is 6. The Morgan fingerprint density at radius 2 is 1.32 bits per heavy atom. The van der Waals surface area contributed by atoms with E-state index in [1.165, 1.54) is 14.2 Å². The summed E-state index contributed by atoms with van der Waals surface area (Å²) >= 11 is 0. The van der Waals surface area contributed by atoms with Crippen molar-refractivity contribution in [1.82, 2.24) is 25.0 Å². The minimum Gasteiger partial charge on any atom is -0.465 e. The lowest BCUT2D eigenvalue weighted by Gasteiger charge is -2.31. The molecule has 328 valence electrons. The quantitative estimate of drug-likeness (QED) is 0.128. The fourth-order valence-corrected chi connectivity index (χ4v) is 8.72. The summed E-state index contributed by atoms with van der Waals surface area (Å²) in [4.78, 5) is 82.1. The van der Waals surface area contributed by atoms with Gasteiger partial charge in [-0.3, -0.25) is 19.2 Å². The summed E-state index contributed by atoms with van der Waals surface area (Å²) in [5, 5.41) is 12.2. The van der Waals surface area contributed by atoms with E-state index in [0.717, 1.165) is 27.7 Å². The van der Waals surface area contributed by atoms with Crippen molar-refractivity contribution in [3.05, 3.63) is 78.4 Å². The van der Waals surface area contributed by atoms with E-state index >= 15 is 0 Å². The molecule has 3 aliphatic rings. The number of nitrogens with one attached hydrogen (secondary N) is 4. The summed E-state index contributed by atoms with van der Waals surface area (Å²) < 4.78 is 18.4. The maximum atomic E-state index is 13.8. The van der Waals surface area contributed by atoms with Crippen molar-refractivity contribution in [2.24, 2.45) is 11.8 Å². The Morgan fingerprint density at radius 3 is 1.94 bits per heavy atom. The average Bonchev–Trinajstić information content (AvgIpc) is 4.04. The summed E-state index contributed by atoms with van der Waals surface area (Å²) in [6.07, 6.45) is 0.680. The van der Waals surface area contributed by atoms with Crippen LogP contribution in [0.3, 0.4) is 0 Å². The van der Waals surface area contributed by atoms with Crippen LogP contribution in [0, 0.1) is 11.8 Å². The van der Waals surface area contributed by atoms with Gasteiger partial charge in [-0.2, -0.15) is 0 Å². The second kappa shape index (κ2) is 18.6. The topological polar surface area (TPSA) is 190 Å². The Kier molecular flexibility index (Phi) is 13.0. The van der Waals surface area contributed by atoms with E-state index < -0.39 is 42.6 Å². The molecule has 4 heterocycles. The van der Waals surface area contributed by atoms with Crippen molar-refractivity contribution in [2.75, 3.05) is 37.9 Å². The normalized spacial score (nSPS) is 18.9. The van der Waals surface area contributed by atoms with Crippen LogP contribution in [0.1, 0.15) is 71.6 Å². The number of fused-ring (bicyclic) bond motifs is 5. The molecule has 1 aromatic heterocycles. The van der Waals surface area contributed by atoms with Gasteiger partial charge >= 0.3 is 12.2 Å². The van der Waals surface area contributed by atoms with Gasteiger partial charge in [-0.05, 0) is 80.3 Å². The van der Waals surface area contributed by atoms with Gasteiger partial charge in [0.2, 0.25) is 29.9 Å². The summed E-state index contributed by atoms with van der Waals surface area (Å²) in [7, 11) is 2.49. The van der Waals surface area contributed by atoms with Crippen LogP contribution in [-0.4, -0.2) is 102 Å². The van der Waals surface area contributed by atoms with Crippen LogP contribution in [0.4, 0.5) is 21.0 Å². The van der Waals surface area contributed by atoms with Crippen LogP contribution in [0.15, 0.2) is 72.8 Å². The number of aromatic nitrogens is 1. The highest BCUT2D eigenvalue weighted by Gasteiger charge is 2.40. The van der Waals surface area contributed by atoms with E-state index in [0.29, 0.717) is 62.3 Å². The summed E-state index contributed by atoms with van der Waals surface area (Å²) in [5.74, 6) is -0.864. The number of anilines is 2. The number of methoxy groups -OCH3 is 2. The van der Waals surface area contributed by atoms with Crippen molar-refractivity contribution >= 4 is 58.1 Å². The maximum absolute atomic E-state index is 13.8. The second-order valence-electron chi connectivity index (χ2n) is 16.8. The molecule has 3 aromatic carbocycles. The molecule has 0 saturated carbocycles. The molecule has 4 aromatic rings. The number of hydrogen-bond donors (Lipinski definition) is 4. The Bertz CT molecular complexity index is 2350. The largest absolute Gasteiger partial charge is 0.465 e. The first kappa shape index (κ1) is 43.5. The number of carbonyl (C=O) groups is 6. The Balaban J connectivity index is 1.13. The van der Waals surface area contributed by atoms with Gasteiger partial charge in [0.15, 0.2) is 0 Å². The zero-order valence-electron chi connectivity index (χ0n) is 35.9. The van der Waals surface area contributed by atoms with E-state index in [-0.39, 0.29) is 35.5 Å². The molecular formula is C46H55N7O9. The highest BCUT2D eigenvalue weighted by molar-refractivity contribution is 6.02. The predicted molar refractivity (Wildman–Crippen MR) is 232 cm³/mol. The number of benzene rings is 3. The molecule has 0 bridgehead atoms. The highest BCUT2D eigenvalue weighted by atomic mass is 16.5. The number of likely N-dealkylation sites (tertiary alicyclic amines) is 2. The number of rotatable bonds is 12. The first-order valence-electron chi connectivity index (χ1n) is 21.2. The summed E-state index contributed by atoms with van der Waals surface area (Å²) in [6, 6.07) is 19.9. The van der Waals surface area contributed by atoms with Crippen molar-refractivity contribution < 1.29 is 43.0 Å². The maximum Gasteiger partial charge on any atom is 0.407 e. The number of ether oxygens (including phenoxy) is 3. The molecule has 2 saturated heterocycles. The van der Waals surface area contributed by atoms with Gasteiger partial charge in [-0.15, -0.1) is 0 Å². The lowest BCUT2D eigenvalue weighted by Crippen LogP contribution is -2.54. The molecule has 0 aliphatic carbocycles. The molecule has 62 heavy (non-hydrogen) atoms. The van der Waals surface area contributed by atoms with Crippen LogP contribution < -0.4 is 26.0 Å². The van der Waals surface area contributed by atoms with E-state index in [1.54, 1.807) is 21.9 Å². The van der Waals surface area contributed by atoms with Crippen LogP contribution in [0.25, 0.3) is 22.2 Å². The van der Waals surface area contributed by atoms with Crippen molar-refractivity contribution in [1.29, 1.82) is 0 Å². The zero-order valence-corrected chi connectivity index (χ0v) is 35.9. The third-order valence-corrected chi connectivity index (χ3v) is 11.7. The standard InChI is InChI=1S/C46H55N7O9/c1-26(2)22-33(49-45(58)60-5)42(56)51-20-10-14-35(51)40(54)48-31-16-18-32-37-24-29-23-30(17-19-34(29)53(37)44(62-38(32)25-31)28-12-8-7-9-13-28)47-41(55)36-15-11-21-52(36)43(57)39(27(3)4)50-46(59)61-6/h7-9,12-13,16-19,23-27,33,35-36,39,44H,10-11,14-15,20-22H2,1-6H3,(H,47,55)(H,48,54)(H,49,58)(H,50,59)/t33?,35-,36-,39-,44-/m0/s1. The fraction of sp³-hybridized carbons (Fsp3) is 0.435. The van der Waals surface area contributed by atoms with E-state index in [9.17, 15) is 28.8 Å². The SMILES string of the molecule is COC(=O)NC(CC(C)C)C(=O)N1CCC[C@H]1C(=O)Nc1ccc2c(c1)O[C@@H](c1ccccc1)n1c-2cc2cc(NC(=O)[C@@H]3CCCN3C(=O)[C@@H](NC(=O)OC)C(C)C)ccc21. The van der Waals surface area contributed by atoms with Gasteiger partial charge in [-0.25, -0.2) is 9.59 Å². The van der Waals surface area contributed by atoms with E-state index in [4.69, 9.17) is 14.2 Å².